The number of nitro groups is 1. The fourth-order valence-electron chi connectivity index (χ4n) is 2.72. The molecule has 0 saturated carbocycles. The first-order chi connectivity index (χ1) is 10.7. The van der Waals surface area contributed by atoms with E-state index in [1.807, 2.05) is 0 Å². The van der Waals surface area contributed by atoms with Crippen LogP contribution in [0.15, 0.2) is 24.3 Å². The number of ether oxygens (including phenoxy) is 1. The first-order valence-electron chi connectivity index (χ1n) is 7.60. The zero-order valence-electron chi connectivity index (χ0n) is 13.6. The molecule has 1 aliphatic heterocycles. The van der Waals surface area contributed by atoms with Crippen molar-refractivity contribution >= 4 is 11.8 Å². The molecule has 7 heteroatoms. The second-order valence-electron chi connectivity index (χ2n) is 6.68. The van der Waals surface area contributed by atoms with Crippen molar-refractivity contribution in [3.8, 4) is 0 Å². The Bertz CT molecular complexity index is 596. The predicted octanol–water partition coefficient (Wildman–Crippen LogP) is 3.03. The molecule has 0 aromatic heterocycles. The van der Waals surface area contributed by atoms with Gasteiger partial charge < -0.3 is 14.7 Å². The Morgan fingerprint density at radius 2 is 2.04 bits per heavy atom. The number of aliphatic hydroxyl groups excluding tert-OH is 1. The summed E-state index contributed by atoms with van der Waals surface area (Å²) in [5.74, 6) is 0. The summed E-state index contributed by atoms with van der Waals surface area (Å²) in [6.45, 7) is 5.60. The number of hydrogen-bond acceptors (Lipinski definition) is 5. The number of para-hydroxylation sites is 1. The van der Waals surface area contributed by atoms with E-state index in [9.17, 15) is 20.0 Å². The molecule has 1 aliphatic rings. The largest absolute Gasteiger partial charge is 0.444 e. The molecular weight excluding hydrogens is 300 g/mol. The van der Waals surface area contributed by atoms with E-state index in [2.05, 4.69) is 0 Å². The lowest BCUT2D eigenvalue weighted by Gasteiger charge is -2.38. The number of nitrogens with zero attached hydrogens (tertiary/aromatic N) is 2. The third-order valence-corrected chi connectivity index (χ3v) is 3.70. The molecule has 2 unspecified atom stereocenters. The van der Waals surface area contributed by atoms with Gasteiger partial charge in [0.1, 0.15) is 5.60 Å². The quantitative estimate of drug-likeness (QED) is 0.667. The Kier molecular flexibility index (Phi) is 4.89. The molecular formula is C16H22N2O5. The van der Waals surface area contributed by atoms with E-state index >= 15 is 0 Å². The molecule has 0 radical (unpaired) electrons. The van der Waals surface area contributed by atoms with Crippen molar-refractivity contribution < 1.29 is 19.6 Å². The van der Waals surface area contributed by atoms with Crippen molar-refractivity contribution in [1.82, 2.24) is 4.90 Å². The minimum Gasteiger partial charge on any atom is -0.444 e. The number of amides is 1. The zero-order valence-corrected chi connectivity index (χ0v) is 13.6. The Hall–Kier alpha value is -2.15. The van der Waals surface area contributed by atoms with Gasteiger partial charge in [-0.2, -0.15) is 0 Å². The second kappa shape index (κ2) is 6.54. The normalized spacial score (nSPS) is 21.8. The highest BCUT2D eigenvalue weighted by Gasteiger charge is 2.37. The summed E-state index contributed by atoms with van der Waals surface area (Å²) >= 11 is 0. The number of aliphatic hydroxyl groups is 1. The first-order valence-corrected chi connectivity index (χ1v) is 7.60. The predicted molar refractivity (Wildman–Crippen MR) is 84.0 cm³/mol. The van der Waals surface area contributed by atoms with Crippen LogP contribution in [0.25, 0.3) is 0 Å². The molecule has 23 heavy (non-hydrogen) atoms. The molecule has 1 aromatic carbocycles. The van der Waals surface area contributed by atoms with Crippen LogP contribution in [0.4, 0.5) is 10.5 Å². The number of carbonyl (C=O) groups is 1. The molecule has 0 spiro atoms. The van der Waals surface area contributed by atoms with Crippen molar-refractivity contribution in [2.45, 2.75) is 51.4 Å². The Morgan fingerprint density at radius 1 is 1.39 bits per heavy atom. The van der Waals surface area contributed by atoms with Crippen molar-refractivity contribution in [2.75, 3.05) is 6.54 Å². The van der Waals surface area contributed by atoms with Gasteiger partial charge in [0.15, 0.2) is 0 Å². The summed E-state index contributed by atoms with van der Waals surface area (Å²) in [5, 5.41) is 21.2. The fraction of sp³-hybridized carbons (Fsp3) is 0.562. The number of nitro benzene ring substituents is 1. The molecule has 1 aromatic rings. The van der Waals surface area contributed by atoms with E-state index in [4.69, 9.17) is 4.74 Å². The number of likely N-dealkylation sites (tertiary alicyclic amines) is 1. The van der Waals surface area contributed by atoms with Gasteiger partial charge in [-0.15, -0.1) is 0 Å². The van der Waals surface area contributed by atoms with E-state index in [-0.39, 0.29) is 12.1 Å². The number of piperidine rings is 1. The van der Waals surface area contributed by atoms with E-state index in [0.29, 0.717) is 18.5 Å². The van der Waals surface area contributed by atoms with Gasteiger partial charge in [-0.05, 0) is 33.6 Å². The minimum absolute atomic E-state index is 0.0554. The highest BCUT2D eigenvalue weighted by molar-refractivity contribution is 5.69. The van der Waals surface area contributed by atoms with Crippen molar-refractivity contribution in [2.24, 2.45) is 0 Å². The lowest BCUT2D eigenvalue weighted by atomic mass is 9.92. The Morgan fingerprint density at radius 3 is 2.65 bits per heavy atom. The zero-order chi connectivity index (χ0) is 17.2. The maximum atomic E-state index is 12.4. The van der Waals surface area contributed by atoms with E-state index in [1.165, 1.54) is 11.0 Å². The minimum atomic E-state index is -0.652. The lowest BCUT2D eigenvalue weighted by Crippen LogP contribution is -2.45. The smallest absolute Gasteiger partial charge is 0.410 e. The van der Waals surface area contributed by atoms with E-state index < -0.39 is 28.8 Å². The Labute approximate surface area is 135 Å². The molecule has 0 bridgehead atoms. The van der Waals surface area contributed by atoms with Gasteiger partial charge in [0.05, 0.1) is 22.6 Å². The highest BCUT2D eigenvalue weighted by Crippen LogP contribution is 2.36. The third-order valence-electron chi connectivity index (χ3n) is 3.70. The third kappa shape index (κ3) is 4.19. The molecule has 1 saturated heterocycles. The fourth-order valence-corrected chi connectivity index (χ4v) is 2.72. The maximum absolute atomic E-state index is 12.4. The van der Waals surface area contributed by atoms with Gasteiger partial charge in [-0.1, -0.05) is 18.2 Å². The van der Waals surface area contributed by atoms with Crippen LogP contribution in [0.5, 0.6) is 0 Å². The van der Waals surface area contributed by atoms with Gasteiger partial charge >= 0.3 is 6.09 Å². The molecule has 1 N–H and O–H groups in total. The van der Waals surface area contributed by atoms with Crippen LogP contribution in [0.2, 0.25) is 0 Å². The number of benzene rings is 1. The van der Waals surface area contributed by atoms with Crippen LogP contribution < -0.4 is 0 Å². The topological polar surface area (TPSA) is 92.9 Å². The molecule has 1 amide bonds. The molecule has 7 nitrogen and oxygen atoms in total. The summed E-state index contributed by atoms with van der Waals surface area (Å²) in [7, 11) is 0. The van der Waals surface area contributed by atoms with Crippen LogP contribution in [-0.4, -0.2) is 39.3 Å². The van der Waals surface area contributed by atoms with Crippen LogP contribution in [0, 0.1) is 10.1 Å². The van der Waals surface area contributed by atoms with Gasteiger partial charge in [0.2, 0.25) is 0 Å². The van der Waals surface area contributed by atoms with E-state index in [1.54, 1.807) is 39.0 Å². The van der Waals surface area contributed by atoms with Gasteiger partial charge in [0, 0.05) is 12.6 Å². The van der Waals surface area contributed by atoms with Gasteiger partial charge in [-0.3, -0.25) is 10.1 Å². The summed E-state index contributed by atoms with van der Waals surface area (Å²) in [4.78, 5) is 24.7. The molecule has 2 atom stereocenters. The van der Waals surface area contributed by atoms with Crippen LogP contribution in [-0.2, 0) is 4.74 Å². The summed E-state index contributed by atoms with van der Waals surface area (Å²) < 4.78 is 5.40. The lowest BCUT2D eigenvalue weighted by molar-refractivity contribution is -0.386. The summed E-state index contributed by atoms with van der Waals surface area (Å²) in [6, 6.07) is 5.73. The van der Waals surface area contributed by atoms with Gasteiger partial charge in [0.25, 0.3) is 5.69 Å². The molecule has 126 valence electrons. The van der Waals surface area contributed by atoms with Crippen molar-refractivity contribution in [1.29, 1.82) is 0 Å². The monoisotopic (exact) mass is 322 g/mol. The summed E-state index contributed by atoms with van der Waals surface area (Å²) in [5.41, 5.74) is -0.289. The van der Waals surface area contributed by atoms with Crippen LogP contribution in [0.1, 0.15) is 45.2 Å². The maximum Gasteiger partial charge on any atom is 0.410 e. The van der Waals surface area contributed by atoms with Gasteiger partial charge in [-0.25, -0.2) is 4.79 Å². The van der Waals surface area contributed by atoms with Crippen LogP contribution in [0.3, 0.4) is 0 Å². The number of rotatable bonds is 2. The molecule has 0 aliphatic carbocycles. The van der Waals surface area contributed by atoms with Crippen LogP contribution >= 0.6 is 0 Å². The summed E-state index contributed by atoms with van der Waals surface area (Å²) in [6.07, 6.45) is -0.438. The van der Waals surface area contributed by atoms with E-state index in [0.717, 1.165) is 0 Å². The number of hydrogen-bond donors (Lipinski definition) is 1. The van der Waals surface area contributed by atoms with Crippen molar-refractivity contribution in [3.05, 3.63) is 39.9 Å². The first kappa shape index (κ1) is 17.2. The number of carbonyl (C=O) groups excluding carboxylic acids is 1. The SMILES string of the molecule is CC(C)(C)OC(=O)N1CCC(O)CC1c1ccccc1[N+](=O)[O-]. The average Bonchev–Trinajstić information content (AvgIpc) is 2.45. The average molecular weight is 322 g/mol. The molecule has 1 fully saturated rings. The Balaban J connectivity index is 2.35. The molecule has 2 rings (SSSR count). The standard InChI is InChI=1S/C16H22N2O5/c1-16(2,3)23-15(20)17-9-8-11(19)10-14(17)12-6-4-5-7-13(12)18(21)22/h4-7,11,14,19H,8-10H2,1-3H3. The highest BCUT2D eigenvalue weighted by atomic mass is 16.6. The second-order valence-corrected chi connectivity index (χ2v) is 6.68. The van der Waals surface area contributed by atoms with Crippen molar-refractivity contribution in [3.63, 3.8) is 0 Å². The molecule has 1 heterocycles.